The van der Waals surface area contributed by atoms with Gasteiger partial charge in [-0.2, -0.15) is 0 Å². The van der Waals surface area contributed by atoms with Crippen LogP contribution in [0.1, 0.15) is 6.42 Å². The number of aryl methyl sites for hydroxylation is 1. The summed E-state index contributed by atoms with van der Waals surface area (Å²) < 4.78 is 1.53. The maximum Gasteiger partial charge on any atom is 0.250 e. The molecule has 4 nitrogen and oxygen atoms in total. The third-order valence-corrected chi connectivity index (χ3v) is 1.96. The van der Waals surface area contributed by atoms with Gasteiger partial charge in [-0.25, -0.2) is 0 Å². The number of carbonyl (C=O) groups is 1. The molecule has 1 aromatic rings. The van der Waals surface area contributed by atoms with Crippen molar-refractivity contribution in [1.29, 1.82) is 0 Å². The summed E-state index contributed by atoms with van der Waals surface area (Å²) in [5, 5.41) is 0. The summed E-state index contributed by atoms with van der Waals surface area (Å²) in [6, 6.07) is 4.95. The molecule has 1 amide bonds. The van der Waals surface area contributed by atoms with Gasteiger partial charge in [-0.3, -0.25) is 9.59 Å². The molecule has 4 heteroatoms. The third-order valence-electron chi connectivity index (χ3n) is 1.96. The molecule has 14 heavy (non-hydrogen) atoms. The molecule has 76 valence electrons. The average Bonchev–Trinajstić information content (AvgIpc) is 2.16. The minimum atomic E-state index is -0.0703. The Morgan fingerprint density at radius 2 is 2.14 bits per heavy atom. The third kappa shape index (κ3) is 2.73. The molecule has 0 saturated heterocycles. The molecule has 0 radical (unpaired) electrons. The average molecular weight is 194 g/mol. The number of carbonyl (C=O) groups excluding carboxylic acids is 1. The van der Waals surface area contributed by atoms with Gasteiger partial charge in [0.2, 0.25) is 5.91 Å². The van der Waals surface area contributed by atoms with Crippen LogP contribution in [-0.4, -0.2) is 29.5 Å². The van der Waals surface area contributed by atoms with Gasteiger partial charge in [0.25, 0.3) is 5.56 Å². The fraction of sp³-hybridized carbons (Fsp3) is 0.400. The second kappa shape index (κ2) is 4.60. The number of nitrogens with zero attached hydrogens (tertiary/aromatic N) is 2. The van der Waals surface area contributed by atoms with Gasteiger partial charge in [-0.1, -0.05) is 6.07 Å². The zero-order valence-corrected chi connectivity index (χ0v) is 8.43. The molecule has 0 N–H and O–H groups in total. The van der Waals surface area contributed by atoms with E-state index >= 15 is 0 Å². The van der Waals surface area contributed by atoms with E-state index in [2.05, 4.69) is 0 Å². The van der Waals surface area contributed by atoms with Crippen LogP contribution in [0, 0.1) is 0 Å². The van der Waals surface area contributed by atoms with E-state index in [1.807, 2.05) is 0 Å². The normalized spacial score (nSPS) is 9.86. The predicted molar refractivity (Wildman–Crippen MR) is 54.0 cm³/mol. The maximum atomic E-state index is 11.2. The van der Waals surface area contributed by atoms with E-state index in [9.17, 15) is 9.59 Å². The molecule has 1 rings (SSSR count). The van der Waals surface area contributed by atoms with Gasteiger partial charge in [-0.15, -0.1) is 0 Å². The largest absolute Gasteiger partial charge is 0.349 e. The van der Waals surface area contributed by atoms with Crippen LogP contribution in [0.2, 0.25) is 0 Å². The lowest BCUT2D eigenvalue weighted by Gasteiger charge is -2.10. The monoisotopic (exact) mass is 194 g/mol. The number of hydrogen-bond acceptors (Lipinski definition) is 2. The molecule has 0 bridgehead atoms. The molecule has 1 aromatic heterocycles. The molecule has 0 aliphatic carbocycles. The number of aromatic nitrogens is 1. The first-order valence-corrected chi connectivity index (χ1v) is 4.47. The summed E-state index contributed by atoms with van der Waals surface area (Å²) in [5.41, 5.74) is -0.0703. The molecule has 0 spiro atoms. The van der Waals surface area contributed by atoms with Crippen LogP contribution in [0.5, 0.6) is 0 Å². The van der Waals surface area contributed by atoms with E-state index in [4.69, 9.17) is 0 Å². The minimum Gasteiger partial charge on any atom is -0.349 e. The van der Waals surface area contributed by atoms with Crippen molar-refractivity contribution in [2.75, 3.05) is 14.1 Å². The lowest BCUT2D eigenvalue weighted by Crippen LogP contribution is -2.25. The number of pyridine rings is 1. The molecule has 0 atom stereocenters. The molecule has 0 saturated carbocycles. The van der Waals surface area contributed by atoms with Gasteiger partial charge in [0.1, 0.15) is 0 Å². The van der Waals surface area contributed by atoms with E-state index in [0.29, 0.717) is 13.0 Å². The van der Waals surface area contributed by atoms with Crippen molar-refractivity contribution in [3.05, 3.63) is 34.7 Å². The highest BCUT2D eigenvalue weighted by Crippen LogP contribution is 1.91. The Morgan fingerprint density at radius 3 is 2.71 bits per heavy atom. The standard InChI is InChI=1S/C10H14N2O2/c1-11(2)9(13)6-8-12-7-4-3-5-10(12)14/h3-5,7H,6,8H2,1-2H3. The smallest absolute Gasteiger partial charge is 0.250 e. The maximum absolute atomic E-state index is 11.2. The van der Waals surface area contributed by atoms with Crippen molar-refractivity contribution in [1.82, 2.24) is 9.47 Å². The molecule has 1 heterocycles. The van der Waals surface area contributed by atoms with Gasteiger partial charge in [0.15, 0.2) is 0 Å². The second-order valence-electron chi connectivity index (χ2n) is 3.27. The lowest BCUT2D eigenvalue weighted by molar-refractivity contribution is -0.128. The second-order valence-corrected chi connectivity index (χ2v) is 3.27. The van der Waals surface area contributed by atoms with E-state index in [1.165, 1.54) is 15.5 Å². The van der Waals surface area contributed by atoms with Crippen LogP contribution in [0.4, 0.5) is 0 Å². The van der Waals surface area contributed by atoms with Crippen molar-refractivity contribution in [2.45, 2.75) is 13.0 Å². The van der Waals surface area contributed by atoms with E-state index in [-0.39, 0.29) is 11.5 Å². The minimum absolute atomic E-state index is 0.0285. The van der Waals surface area contributed by atoms with Crippen molar-refractivity contribution in [2.24, 2.45) is 0 Å². The van der Waals surface area contributed by atoms with Crippen LogP contribution in [0.3, 0.4) is 0 Å². The molecule has 0 aliphatic rings. The molecule has 0 aromatic carbocycles. The lowest BCUT2D eigenvalue weighted by atomic mass is 10.3. The summed E-state index contributed by atoms with van der Waals surface area (Å²) in [4.78, 5) is 24.0. The molecular formula is C10H14N2O2. The first kappa shape index (κ1) is 10.5. The zero-order valence-electron chi connectivity index (χ0n) is 8.43. The fourth-order valence-electron chi connectivity index (χ4n) is 1.09. The van der Waals surface area contributed by atoms with Crippen LogP contribution in [0.25, 0.3) is 0 Å². The Labute approximate surface area is 82.8 Å². The van der Waals surface area contributed by atoms with Gasteiger partial charge in [0.05, 0.1) is 0 Å². The quantitative estimate of drug-likeness (QED) is 0.695. The van der Waals surface area contributed by atoms with Crippen LogP contribution >= 0.6 is 0 Å². The Bertz CT molecular complexity index is 368. The summed E-state index contributed by atoms with van der Waals surface area (Å²) in [6.07, 6.45) is 2.04. The van der Waals surface area contributed by atoms with Crippen LogP contribution < -0.4 is 5.56 Å². The van der Waals surface area contributed by atoms with E-state index in [1.54, 1.807) is 32.4 Å². The van der Waals surface area contributed by atoms with Crippen LogP contribution in [-0.2, 0) is 11.3 Å². The number of hydrogen-bond donors (Lipinski definition) is 0. The zero-order chi connectivity index (χ0) is 10.6. The predicted octanol–water partition coefficient (Wildman–Crippen LogP) is 0.327. The SMILES string of the molecule is CN(C)C(=O)CCn1ccccc1=O. The van der Waals surface area contributed by atoms with Crippen molar-refractivity contribution in [3.8, 4) is 0 Å². The number of amides is 1. The summed E-state index contributed by atoms with van der Waals surface area (Å²) in [5.74, 6) is 0.0285. The van der Waals surface area contributed by atoms with Crippen molar-refractivity contribution < 1.29 is 4.79 Å². The van der Waals surface area contributed by atoms with Gasteiger partial charge < -0.3 is 9.47 Å². The summed E-state index contributed by atoms with van der Waals surface area (Å²) in [6.45, 7) is 0.441. The van der Waals surface area contributed by atoms with Gasteiger partial charge in [-0.05, 0) is 6.07 Å². The Balaban J connectivity index is 2.59. The highest BCUT2D eigenvalue weighted by Gasteiger charge is 2.03. The van der Waals surface area contributed by atoms with Crippen molar-refractivity contribution in [3.63, 3.8) is 0 Å². The Morgan fingerprint density at radius 1 is 1.43 bits per heavy atom. The van der Waals surface area contributed by atoms with Crippen molar-refractivity contribution >= 4 is 5.91 Å². The van der Waals surface area contributed by atoms with Crippen LogP contribution in [0.15, 0.2) is 29.2 Å². The number of rotatable bonds is 3. The van der Waals surface area contributed by atoms with Gasteiger partial charge >= 0.3 is 0 Å². The molecular weight excluding hydrogens is 180 g/mol. The van der Waals surface area contributed by atoms with E-state index < -0.39 is 0 Å². The Hall–Kier alpha value is -1.58. The first-order valence-electron chi connectivity index (χ1n) is 4.47. The summed E-state index contributed by atoms with van der Waals surface area (Å²) in [7, 11) is 3.41. The highest BCUT2D eigenvalue weighted by molar-refractivity contribution is 5.75. The fourth-order valence-corrected chi connectivity index (χ4v) is 1.09. The first-order chi connectivity index (χ1) is 6.61. The molecule has 0 fully saturated rings. The Kier molecular flexibility index (Phi) is 3.45. The topological polar surface area (TPSA) is 42.3 Å². The van der Waals surface area contributed by atoms with E-state index in [0.717, 1.165) is 0 Å². The molecule has 0 aliphatic heterocycles. The highest BCUT2D eigenvalue weighted by atomic mass is 16.2. The molecule has 0 unspecified atom stereocenters. The van der Waals surface area contributed by atoms with Gasteiger partial charge in [0, 0.05) is 39.3 Å². The summed E-state index contributed by atoms with van der Waals surface area (Å²) >= 11 is 0.